The zero-order chi connectivity index (χ0) is 18.1. The number of nitrogens with zero attached hydrogens (tertiary/aromatic N) is 4. The normalized spacial score (nSPS) is 22.2. The smallest absolute Gasteiger partial charge is 0.222 e. The van der Waals surface area contributed by atoms with Crippen molar-refractivity contribution < 1.29 is 14.6 Å². The molecule has 1 aromatic carbocycles. The second-order valence-corrected chi connectivity index (χ2v) is 7.10. The number of aromatic nitrogens is 4. The van der Waals surface area contributed by atoms with Crippen LogP contribution in [-0.4, -0.2) is 43.9 Å². The molecule has 0 bridgehead atoms. The number of aliphatic hydroxyl groups is 1. The first-order valence-electron chi connectivity index (χ1n) is 9.06. The Morgan fingerprint density at radius 1 is 1.46 bits per heavy atom. The topological polar surface area (TPSA) is 102 Å². The van der Waals surface area contributed by atoms with Gasteiger partial charge in [0.15, 0.2) is 0 Å². The van der Waals surface area contributed by atoms with Crippen molar-refractivity contribution in [2.24, 2.45) is 5.92 Å². The first-order valence-corrected chi connectivity index (χ1v) is 9.06. The summed E-state index contributed by atoms with van der Waals surface area (Å²) in [7, 11) is 0. The second-order valence-electron chi connectivity index (χ2n) is 7.10. The van der Waals surface area contributed by atoms with Crippen LogP contribution in [0, 0.1) is 12.8 Å². The first-order chi connectivity index (χ1) is 12.6. The monoisotopic (exact) mass is 357 g/mol. The minimum absolute atomic E-state index is 0.0389. The summed E-state index contributed by atoms with van der Waals surface area (Å²) < 4.78 is 7.19. The molecule has 0 unspecified atom stereocenters. The van der Waals surface area contributed by atoms with Gasteiger partial charge in [-0.2, -0.15) is 0 Å². The van der Waals surface area contributed by atoms with Crippen molar-refractivity contribution in [2.45, 2.75) is 51.3 Å². The maximum atomic E-state index is 12.5. The molecular formula is C18H23N5O3. The van der Waals surface area contributed by atoms with E-state index in [9.17, 15) is 9.90 Å². The Bertz CT molecular complexity index is 800. The molecule has 8 nitrogen and oxygen atoms in total. The van der Waals surface area contributed by atoms with Crippen LogP contribution in [0.25, 0.3) is 0 Å². The third-order valence-electron chi connectivity index (χ3n) is 5.27. The fourth-order valence-corrected chi connectivity index (χ4v) is 3.68. The summed E-state index contributed by atoms with van der Waals surface area (Å²) in [5.41, 5.74) is 2.27. The molecule has 1 fully saturated rings. The molecule has 4 rings (SSSR count). The van der Waals surface area contributed by atoms with Gasteiger partial charge in [0.05, 0.1) is 25.3 Å². The number of carbonyl (C=O) groups excluding carboxylic acids is 1. The number of nitrogens with one attached hydrogen (secondary N) is 1. The van der Waals surface area contributed by atoms with Crippen LogP contribution in [0.3, 0.4) is 0 Å². The summed E-state index contributed by atoms with van der Waals surface area (Å²) in [5.74, 6) is 1.84. The second kappa shape index (κ2) is 7.03. The van der Waals surface area contributed by atoms with E-state index in [1.807, 2.05) is 19.1 Å². The number of amides is 1. The van der Waals surface area contributed by atoms with E-state index in [0.29, 0.717) is 38.2 Å². The number of fused-ring (bicyclic) bond motifs is 1. The Labute approximate surface area is 151 Å². The summed E-state index contributed by atoms with van der Waals surface area (Å²) in [5, 5.41) is 24.1. The maximum Gasteiger partial charge on any atom is 0.222 e. The molecule has 8 heteroatoms. The van der Waals surface area contributed by atoms with Gasteiger partial charge in [-0.1, -0.05) is 6.07 Å². The molecule has 1 aromatic heterocycles. The van der Waals surface area contributed by atoms with Gasteiger partial charge in [-0.3, -0.25) is 4.79 Å². The summed E-state index contributed by atoms with van der Waals surface area (Å²) >= 11 is 0. The molecule has 1 aliphatic heterocycles. The molecule has 2 aliphatic rings. The van der Waals surface area contributed by atoms with Crippen molar-refractivity contribution in [3.8, 4) is 5.75 Å². The molecule has 0 saturated heterocycles. The highest BCUT2D eigenvalue weighted by molar-refractivity contribution is 5.76. The Kier molecular flexibility index (Phi) is 4.58. The molecule has 2 aromatic rings. The Hall–Kier alpha value is -2.48. The van der Waals surface area contributed by atoms with Gasteiger partial charge < -0.3 is 15.2 Å². The predicted molar refractivity (Wildman–Crippen MR) is 92.4 cm³/mol. The molecule has 138 valence electrons. The lowest BCUT2D eigenvalue weighted by Gasteiger charge is -2.38. The van der Waals surface area contributed by atoms with Crippen molar-refractivity contribution in [1.29, 1.82) is 0 Å². The number of hydrogen-bond acceptors (Lipinski definition) is 6. The third-order valence-corrected chi connectivity index (χ3v) is 5.27. The number of tetrazole rings is 1. The van der Waals surface area contributed by atoms with Gasteiger partial charge in [0.25, 0.3) is 0 Å². The molecule has 2 N–H and O–H groups in total. The van der Waals surface area contributed by atoms with Gasteiger partial charge in [0.1, 0.15) is 11.6 Å². The van der Waals surface area contributed by atoms with Gasteiger partial charge in [0.2, 0.25) is 5.91 Å². The molecule has 1 aliphatic carbocycles. The van der Waals surface area contributed by atoms with E-state index in [2.05, 4.69) is 26.9 Å². The highest BCUT2D eigenvalue weighted by Crippen LogP contribution is 2.39. The molecule has 1 atom stereocenters. The SMILES string of the molecule is Cc1nnnn1CCC(=O)N[C@H](c1ccc2c(c1)CCO2)C1CC(O)C1. The molecule has 0 spiro atoms. The van der Waals surface area contributed by atoms with Crippen molar-refractivity contribution >= 4 is 5.91 Å². The van der Waals surface area contributed by atoms with E-state index in [4.69, 9.17) is 4.74 Å². The minimum atomic E-state index is -0.263. The Morgan fingerprint density at radius 3 is 3.04 bits per heavy atom. The van der Waals surface area contributed by atoms with Gasteiger partial charge >= 0.3 is 0 Å². The number of rotatable bonds is 6. The number of aryl methyl sites for hydroxylation is 2. The lowest BCUT2D eigenvalue weighted by Crippen LogP contribution is -2.41. The Morgan fingerprint density at radius 2 is 2.31 bits per heavy atom. The average Bonchev–Trinajstić information content (AvgIpc) is 3.23. The van der Waals surface area contributed by atoms with Gasteiger partial charge in [-0.05, 0) is 59.4 Å². The van der Waals surface area contributed by atoms with Crippen LogP contribution < -0.4 is 10.1 Å². The average molecular weight is 357 g/mol. The van der Waals surface area contributed by atoms with Crippen molar-refractivity contribution in [2.75, 3.05) is 6.61 Å². The summed E-state index contributed by atoms with van der Waals surface area (Å²) in [4.78, 5) is 12.5. The molecule has 0 radical (unpaired) electrons. The van der Waals surface area contributed by atoms with Crippen molar-refractivity contribution in [3.05, 3.63) is 35.2 Å². The molecule has 26 heavy (non-hydrogen) atoms. The zero-order valence-electron chi connectivity index (χ0n) is 14.8. The van der Waals surface area contributed by atoms with Crippen LogP contribution in [0.2, 0.25) is 0 Å². The largest absolute Gasteiger partial charge is 0.493 e. The third kappa shape index (κ3) is 3.41. The first kappa shape index (κ1) is 17.0. The van der Waals surface area contributed by atoms with E-state index < -0.39 is 0 Å². The summed E-state index contributed by atoms with van der Waals surface area (Å²) in [6.45, 7) is 2.97. The van der Waals surface area contributed by atoms with Gasteiger partial charge in [0, 0.05) is 12.8 Å². The van der Waals surface area contributed by atoms with Gasteiger partial charge in [-0.15, -0.1) is 5.10 Å². The van der Waals surface area contributed by atoms with E-state index in [1.54, 1.807) is 4.68 Å². The van der Waals surface area contributed by atoms with E-state index in [-0.39, 0.29) is 24.0 Å². The van der Waals surface area contributed by atoms with Crippen LogP contribution in [0.5, 0.6) is 5.75 Å². The summed E-state index contributed by atoms with van der Waals surface area (Å²) in [6.07, 6.45) is 2.37. The van der Waals surface area contributed by atoms with Crippen LogP contribution in [0.15, 0.2) is 18.2 Å². The van der Waals surface area contributed by atoms with E-state index in [1.165, 1.54) is 5.56 Å². The maximum absolute atomic E-state index is 12.5. The van der Waals surface area contributed by atoms with Crippen LogP contribution in [0.1, 0.15) is 42.3 Å². The highest BCUT2D eigenvalue weighted by Gasteiger charge is 2.36. The number of hydrogen-bond donors (Lipinski definition) is 2. The van der Waals surface area contributed by atoms with Crippen LogP contribution in [-0.2, 0) is 17.8 Å². The molecular weight excluding hydrogens is 334 g/mol. The highest BCUT2D eigenvalue weighted by atomic mass is 16.5. The van der Waals surface area contributed by atoms with Crippen molar-refractivity contribution in [3.63, 3.8) is 0 Å². The fraction of sp³-hybridized carbons (Fsp3) is 0.556. The standard InChI is InChI=1S/C18H23N5O3/c1-11-20-21-22-23(11)6-4-17(25)19-18(14-9-15(24)10-14)13-2-3-16-12(8-13)5-7-26-16/h2-3,8,14-15,18,24H,4-7,9-10H2,1H3,(H,19,25)/t14?,15?,18-/m1/s1. The van der Waals surface area contributed by atoms with Crippen LogP contribution >= 0.6 is 0 Å². The number of carbonyl (C=O) groups is 1. The number of ether oxygens (including phenoxy) is 1. The molecule has 1 amide bonds. The minimum Gasteiger partial charge on any atom is -0.493 e. The van der Waals surface area contributed by atoms with Crippen molar-refractivity contribution in [1.82, 2.24) is 25.5 Å². The fourth-order valence-electron chi connectivity index (χ4n) is 3.68. The molecule has 2 heterocycles. The zero-order valence-corrected chi connectivity index (χ0v) is 14.8. The lowest BCUT2D eigenvalue weighted by molar-refractivity contribution is -0.123. The van der Waals surface area contributed by atoms with E-state index >= 15 is 0 Å². The Balaban J connectivity index is 1.45. The number of benzene rings is 1. The quantitative estimate of drug-likeness (QED) is 0.798. The number of aliphatic hydroxyl groups excluding tert-OH is 1. The lowest BCUT2D eigenvalue weighted by atomic mass is 9.75. The predicted octanol–water partition coefficient (Wildman–Crippen LogP) is 0.935. The van der Waals surface area contributed by atoms with Gasteiger partial charge in [-0.25, -0.2) is 4.68 Å². The van der Waals surface area contributed by atoms with E-state index in [0.717, 1.165) is 17.7 Å². The van der Waals surface area contributed by atoms with Crippen LogP contribution in [0.4, 0.5) is 0 Å². The molecule has 1 saturated carbocycles. The summed E-state index contributed by atoms with van der Waals surface area (Å²) in [6, 6.07) is 6.04.